The van der Waals surface area contributed by atoms with Gasteiger partial charge in [-0.3, -0.25) is 0 Å². The zero-order valence-corrected chi connectivity index (χ0v) is 17.2. The highest BCUT2D eigenvalue weighted by molar-refractivity contribution is 7.15. The lowest BCUT2D eigenvalue weighted by molar-refractivity contribution is 0.752. The van der Waals surface area contributed by atoms with Gasteiger partial charge in [-0.25, -0.2) is 15.0 Å². The summed E-state index contributed by atoms with van der Waals surface area (Å²) in [7, 11) is 0. The van der Waals surface area contributed by atoms with E-state index in [1.807, 2.05) is 6.20 Å². The van der Waals surface area contributed by atoms with Gasteiger partial charge >= 0.3 is 0 Å². The second-order valence-electron chi connectivity index (χ2n) is 6.72. The molecule has 0 saturated carbocycles. The van der Waals surface area contributed by atoms with E-state index < -0.39 is 0 Å². The Balaban J connectivity index is 1.71. The van der Waals surface area contributed by atoms with Gasteiger partial charge in [0.2, 0.25) is 0 Å². The molecule has 128 valence electrons. The molecule has 3 nitrogen and oxygen atoms in total. The predicted molar refractivity (Wildman–Crippen MR) is 106 cm³/mol. The zero-order chi connectivity index (χ0) is 17.3. The fourth-order valence-electron chi connectivity index (χ4n) is 2.33. The third kappa shape index (κ3) is 3.92. The predicted octanol–water partition coefficient (Wildman–Crippen LogP) is 6.32. The minimum Gasteiger partial charge on any atom is -0.246 e. The maximum atomic E-state index is 4.75. The number of aromatic nitrogens is 3. The summed E-state index contributed by atoms with van der Waals surface area (Å²) in [5.74, 6) is 1.41. The molecule has 0 aliphatic rings. The second kappa shape index (κ2) is 7.42. The fraction of sp³-hybridized carbons (Fsp3) is 0.500. The van der Waals surface area contributed by atoms with E-state index in [-0.39, 0.29) is 0 Å². The Morgan fingerprint density at radius 3 is 2.38 bits per heavy atom. The lowest BCUT2D eigenvalue weighted by atomic mass is 10.1. The third-order valence-electron chi connectivity index (χ3n) is 3.89. The summed E-state index contributed by atoms with van der Waals surface area (Å²) >= 11 is 5.26. The average molecular weight is 378 g/mol. The van der Waals surface area contributed by atoms with Crippen molar-refractivity contribution in [3.8, 4) is 10.7 Å². The van der Waals surface area contributed by atoms with Crippen molar-refractivity contribution in [1.82, 2.24) is 15.0 Å². The Kier molecular flexibility index (Phi) is 5.47. The summed E-state index contributed by atoms with van der Waals surface area (Å²) in [4.78, 5) is 15.4. The van der Waals surface area contributed by atoms with Gasteiger partial charge in [0.05, 0.1) is 15.7 Å². The van der Waals surface area contributed by atoms with Gasteiger partial charge in [-0.15, -0.1) is 34.0 Å². The molecular weight excluding hydrogens is 354 g/mol. The van der Waals surface area contributed by atoms with Crippen LogP contribution in [0, 0.1) is 0 Å². The average Bonchev–Trinajstić information content (AvgIpc) is 3.26. The second-order valence-corrected chi connectivity index (χ2v) is 9.61. The van der Waals surface area contributed by atoms with E-state index >= 15 is 0 Å². The summed E-state index contributed by atoms with van der Waals surface area (Å²) in [6, 6.07) is 0. The summed E-state index contributed by atoms with van der Waals surface area (Å²) in [6.45, 7) is 11.0. The van der Waals surface area contributed by atoms with Crippen molar-refractivity contribution in [3.63, 3.8) is 0 Å². The number of nitrogens with zero attached hydrogens (tertiary/aromatic N) is 3. The molecule has 0 fully saturated rings. The molecule has 0 spiro atoms. The molecule has 0 aromatic carbocycles. The first-order valence-corrected chi connectivity index (χ1v) is 10.9. The maximum Gasteiger partial charge on any atom is 0.142 e. The number of thiazole rings is 3. The van der Waals surface area contributed by atoms with Crippen LogP contribution in [-0.4, -0.2) is 15.0 Å². The van der Waals surface area contributed by atoms with Gasteiger partial charge in [0.1, 0.15) is 10.7 Å². The number of hydrogen-bond acceptors (Lipinski definition) is 6. The minimum atomic E-state index is 0.436. The van der Waals surface area contributed by atoms with Crippen molar-refractivity contribution in [1.29, 1.82) is 0 Å². The molecule has 0 N–H and O–H groups in total. The molecule has 0 aliphatic heterocycles. The van der Waals surface area contributed by atoms with Crippen molar-refractivity contribution in [2.75, 3.05) is 0 Å². The van der Waals surface area contributed by atoms with Gasteiger partial charge in [-0.05, 0) is 11.8 Å². The van der Waals surface area contributed by atoms with Crippen molar-refractivity contribution >= 4 is 34.0 Å². The quantitative estimate of drug-likeness (QED) is 0.505. The molecule has 1 atom stereocenters. The first-order chi connectivity index (χ1) is 11.4. The first-order valence-electron chi connectivity index (χ1n) is 8.29. The first kappa shape index (κ1) is 17.7. The molecule has 0 radical (unpaired) electrons. The van der Waals surface area contributed by atoms with Crippen molar-refractivity contribution in [2.45, 2.75) is 58.8 Å². The molecule has 6 heteroatoms. The van der Waals surface area contributed by atoms with Crippen LogP contribution < -0.4 is 0 Å². The van der Waals surface area contributed by atoms with Gasteiger partial charge in [-0.1, -0.05) is 34.6 Å². The monoisotopic (exact) mass is 377 g/mol. The molecule has 0 amide bonds. The molecule has 0 bridgehead atoms. The van der Waals surface area contributed by atoms with E-state index in [2.05, 4.69) is 50.4 Å². The molecule has 0 aliphatic carbocycles. The molecule has 0 saturated heterocycles. The Morgan fingerprint density at radius 2 is 1.75 bits per heavy atom. The zero-order valence-electron chi connectivity index (χ0n) is 14.7. The van der Waals surface area contributed by atoms with Crippen LogP contribution in [0.5, 0.6) is 0 Å². The fourth-order valence-corrected chi connectivity index (χ4v) is 5.24. The van der Waals surface area contributed by atoms with Gasteiger partial charge in [0.25, 0.3) is 0 Å². The van der Waals surface area contributed by atoms with E-state index in [4.69, 9.17) is 9.97 Å². The highest BCUT2D eigenvalue weighted by Gasteiger charge is 2.16. The van der Waals surface area contributed by atoms with Crippen LogP contribution in [0.1, 0.15) is 73.0 Å². The molecule has 3 heterocycles. The van der Waals surface area contributed by atoms with E-state index in [1.165, 1.54) is 20.6 Å². The van der Waals surface area contributed by atoms with Crippen molar-refractivity contribution < 1.29 is 0 Å². The van der Waals surface area contributed by atoms with Crippen LogP contribution in [0.15, 0.2) is 17.0 Å². The van der Waals surface area contributed by atoms with E-state index in [0.717, 1.165) is 17.1 Å². The summed E-state index contributed by atoms with van der Waals surface area (Å²) in [6.07, 6.45) is 2.99. The van der Waals surface area contributed by atoms with Crippen LogP contribution in [0.3, 0.4) is 0 Å². The van der Waals surface area contributed by atoms with Gasteiger partial charge < -0.3 is 0 Å². The summed E-state index contributed by atoms with van der Waals surface area (Å²) < 4.78 is 0. The van der Waals surface area contributed by atoms with Crippen LogP contribution in [0.4, 0.5) is 0 Å². The van der Waals surface area contributed by atoms with Crippen LogP contribution in [0.25, 0.3) is 10.7 Å². The van der Waals surface area contributed by atoms with E-state index in [1.54, 1.807) is 34.0 Å². The van der Waals surface area contributed by atoms with Crippen molar-refractivity contribution in [3.05, 3.63) is 37.5 Å². The molecular formula is C18H23N3S3. The van der Waals surface area contributed by atoms with E-state index in [9.17, 15) is 0 Å². The van der Waals surface area contributed by atoms with E-state index in [0.29, 0.717) is 17.8 Å². The lowest BCUT2D eigenvalue weighted by Gasteiger charge is -2.05. The maximum absolute atomic E-state index is 4.75. The highest BCUT2D eigenvalue weighted by Crippen LogP contribution is 2.33. The SMILES string of the molecule is CC(C)c1csc(CC(C)c2cnc(-c3csc(C(C)C)n3)s2)n1. The standard InChI is InChI=1S/C18H23N3S3/c1-10(2)13-8-22-16(20-13)6-12(5)15-7-19-18(24-15)14-9-23-17(21-14)11(3)4/h7-12H,6H2,1-5H3. The van der Waals surface area contributed by atoms with Crippen LogP contribution >= 0.6 is 34.0 Å². The third-order valence-corrected chi connectivity index (χ3v) is 7.17. The number of hydrogen-bond donors (Lipinski definition) is 0. The Hall–Kier alpha value is -1.11. The highest BCUT2D eigenvalue weighted by atomic mass is 32.1. The van der Waals surface area contributed by atoms with Crippen molar-refractivity contribution in [2.24, 2.45) is 0 Å². The topological polar surface area (TPSA) is 38.7 Å². The molecule has 1 unspecified atom stereocenters. The van der Waals surface area contributed by atoms with Gasteiger partial charge in [0, 0.05) is 34.2 Å². The Bertz CT molecular complexity index is 798. The lowest BCUT2D eigenvalue weighted by Crippen LogP contribution is -1.96. The summed E-state index contributed by atoms with van der Waals surface area (Å²) in [5, 5.41) is 7.74. The molecule has 3 rings (SSSR count). The number of rotatable bonds is 6. The van der Waals surface area contributed by atoms with Gasteiger partial charge in [-0.2, -0.15) is 0 Å². The smallest absolute Gasteiger partial charge is 0.142 e. The van der Waals surface area contributed by atoms with Crippen LogP contribution in [-0.2, 0) is 6.42 Å². The largest absolute Gasteiger partial charge is 0.246 e. The minimum absolute atomic E-state index is 0.436. The Labute approximate surface area is 155 Å². The van der Waals surface area contributed by atoms with Gasteiger partial charge in [0.15, 0.2) is 0 Å². The summed E-state index contributed by atoms with van der Waals surface area (Å²) in [5.41, 5.74) is 2.22. The normalized spacial score (nSPS) is 13.1. The molecule has 3 aromatic rings. The Morgan fingerprint density at radius 1 is 0.958 bits per heavy atom. The molecule has 3 aromatic heterocycles. The van der Waals surface area contributed by atoms with Crippen LogP contribution in [0.2, 0.25) is 0 Å². The molecule has 24 heavy (non-hydrogen) atoms.